The molecule has 5 heteroatoms. The molecule has 1 aromatic carbocycles. The third kappa shape index (κ3) is 3.75. The Balaban J connectivity index is 2.89. The summed E-state index contributed by atoms with van der Waals surface area (Å²) in [7, 11) is 1.52. The van der Waals surface area contributed by atoms with E-state index in [2.05, 4.69) is 5.32 Å². The molecule has 0 aliphatic rings. The summed E-state index contributed by atoms with van der Waals surface area (Å²) in [6.07, 6.45) is 0.338. The van der Waals surface area contributed by atoms with Crippen molar-refractivity contribution >= 4 is 11.7 Å². The van der Waals surface area contributed by atoms with Crippen molar-refractivity contribution in [1.82, 2.24) is 0 Å². The monoisotopic (exact) mass is 248 g/mol. The molecule has 0 spiro atoms. The van der Waals surface area contributed by atoms with Crippen molar-refractivity contribution in [1.29, 1.82) is 5.26 Å². The van der Waals surface area contributed by atoms with Gasteiger partial charge in [-0.2, -0.15) is 5.26 Å². The molecule has 0 saturated heterocycles. The fraction of sp³-hybridized carbons (Fsp3) is 0.385. The summed E-state index contributed by atoms with van der Waals surface area (Å²) < 4.78 is 4.87. The fourth-order valence-corrected chi connectivity index (χ4v) is 1.56. The molecular formula is C13H16N2O3. The largest absolute Gasteiger partial charge is 0.480 e. The number of carboxylic acid groups (broad SMARTS) is 1. The molecule has 5 nitrogen and oxygen atoms in total. The smallest absolute Gasteiger partial charge is 0.326 e. The van der Waals surface area contributed by atoms with Gasteiger partial charge >= 0.3 is 5.97 Å². The minimum Gasteiger partial charge on any atom is -0.480 e. The average Bonchev–Trinajstić information content (AvgIpc) is 2.34. The molecule has 1 aromatic rings. The Morgan fingerprint density at radius 1 is 1.61 bits per heavy atom. The Labute approximate surface area is 106 Å². The number of carbonyl (C=O) groups is 1. The number of nitrogens with zero attached hydrogens (tertiary/aromatic N) is 1. The van der Waals surface area contributed by atoms with E-state index in [1.807, 2.05) is 19.1 Å². The van der Waals surface area contributed by atoms with E-state index in [1.54, 1.807) is 12.1 Å². The number of aryl methyl sites for hydroxylation is 1. The Hall–Kier alpha value is -2.06. The molecule has 0 aliphatic heterocycles. The van der Waals surface area contributed by atoms with Gasteiger partial charge in [0.25, 0.3) is 0 Å². The van der Waals surface area contributed by atoms with Gasteiger partial charge in [-0.3, -0.25) is 0 Å². The number of hydrogen-bond donors (Lipinski definition) is 2. The summed E-state index contributed by atoms with van der Waals surface area (Å²) in [5.41, 5.74) is 1.94. The first-order valence-corrected chi connectivity index (χ1v) is 5.57. The van der Waals surface area contributed by atoms with E-state index in [-0.39, 0.29) is 0 Å². The molecule has 1 atom stereocenters. The van der Waals surface area contributed by atoms with E-state index >= 15 is 0 Å². The number of nitriles is 1. The van der Waals surface area contributed by atoms with Crippen LogP contribution in [0.25, 0.3) is 0 Å². The first-order chi connectivity index (χ1) is 8.58. The summed E-state index contributed by atoms with van der Waals surface area (Å²) in [6, 6.07) is 6.52. The molecular weight excluding hydrogens is 232 g/mol. The molecule has 0 bridgehead atoms. The van der Waals surface area contributed by atoms with Gasteiger partial charge in [0.15, 0.2) is 0 Å². The number of aliphatic carboxylic acids is 1. The van der Waals surface area contributed by atoms with E-state index in [1.165, 1.54) is 7.11 Å². The number of methoxy groups -OCH3 is 1. The first-order valence-electron chi connectivity index (χ1n) is 5.57. The van der Waals surface area contributed by atoms with Gasteiger partial charge in [0, 0.05) is 20.1 Å². The SMILES string of the molecule is COCCC(Nc1cc(C)ccc1C#N)C(=O)O. The normalized spacial score (nSPS) is 11.6. The second-order valence-electron chi connectivity index (χ2n) is 3.98. The second-order valence-corrected chi connectivity index (χ2v) is 3.98. The number of anilines is 1. The molecule has 2 N–H and O–H groups in total. The van der Waals surface area contributed by atoms with Gasteiger partial charge < -0.3 is 15.2 Å². The lowest BCUT2D eigenvalue weighted by Gasteiger charge is -2.16. The van der Waals surface area contributed by atoms with Crippen LogP contribution in [0.3, 0.4) is 0 Å². The van der Waals surface area contributed by atoms with Gasteiger partial charge in [0.1, 0.15) is 12.1 Å². The summed E-state index contributed by atoms with van der Waals surface area (Å²) >= 11 is 0. The first kappa shape index (κ1) is 14.0. The molecule has 96 valence electrons. The Bertz CT molecular complexity index is 466. The zero-order chi connectivity index (χ0) is 13.5. The Morgan fingerprint density at radius 3 is 2.89 bits per heavy atom. The van der Waals surface area contributed by atoms with Crippen LogP contribution in [0, 0.1) is 18.3 Å². The maximum Gasteiger partial charge on any atom is 0.326 e. The average molecular weight is 248 g/mol. The van der Waals surface area contributed by atoms with Gasteiger partial charge in [0.2, 0.25) is 0 Å². The number of carboxylic acids is 1. The molecule has 1 rings (SSSR count). The summed E-state index contributed by atoms with van der Waals surface area (Å²) in [5, 5.41) is 20.9. The summed E-state index contributed by atoms with van der Waals surface area (Å²) in [6.45, 7) is 2.23. The highest BCUT2D eigenvalue weighted by molar-refractivity contribution is 5.78. The zero-order valence-electron chi connectivity index (χ0n) is 10.4. The van der Waals surface area contributed by atoms with Crippen LogP contribution < -0.4 is 5.32 Å². The second kappa shape index (κ2) is 6.62. The van der Waals surface area contributed by atoms with Crippen molar-refractivity contribution in [3.05, 3.63) is 29.3 Å². The molecule has 0 fully saturated rings. The number of nitrogens with one attached hydrogen (secondary N) is 1. The number of ether oxygens (including phenoxy) is 1. The lowest BCUT2D eigenvalue weighted by molar-refractivity contribution is -0.138. The number of rotatable bonds is 6. The van der Waals surface area contributed by atoms with Crippen LogP contribution in [0.4, 0.5) is 5.69 Å². The van der Waals surface area contributed by atoms with Gasteiger partial charge in [-0.05, 0) is 24.6 Å². The van der Waals surface area contributed by atoms with Crippen molar-refractivity contribution in [3.63, 3.8) is 0 Å². The topological polar surface area (TPSA) is 82.3 Å². The number of benzene rings is 1. The van der Waals surface area contributed by atoms with E-state index in [0.717, 1.165) is 5.56 Å². The van der Waals surface area contributed by atoms with Crippen LogP contribution in [-0.2, 0) is 9.53 Å². The highest BCUT2D eigenvalue weighted by Gasteiger charge is 2.18. The number of hydrogen-bond acceptors (Lipinski definition) is 4. The van der Waals surface area contributed by atoms with Crippen molar-refractivity contribution in [3.8, 4) is 6.07 Å². The minimum absolute atomic E-state index is 0.338. The summed E-state index contributed by atoms with van der Waals surface area (Å²) in [5.74, 6) is -0.961. The van der Waals surface area contributed by atoms with Crippen molar-refractivity contribution in [2.24, 2.45) is 0 Å². The fourth-order valence-electron chi connectivity index (χ4n) is 1.56. The third-order valence-electron chi connectivity index (χ3n) is 2.53. The van der Waals surface area contributed by atoms with E-state index in [4.69, 9.17) is 15.1 Å². The van der Waals surface area contributed by atoms with Gasteiger partial charge in [-0.25, -0.2) is 4.79 Å². The van der Waals surface area contributed by atoms with E-state index in [9.17, 15) is 4.79 Å². The van der Waals surface area contributed by atoms with Crippen LogP contribution in [-0.4, -0.2) is 30.8 Å². The van der Waals surface area contributed by atoms with Crippen LogP contribution >= 0.6 is 0 Å². The maximum atomic E-state index is 11.1. The molecule has 0 amide bonds. The van der Waals surface area contributed by atoms with Crippen molar-refractivity contribution in [2.45, 2.75) is 19.4 Å². The van der Waals surface area contributed by atoms with E-state index in [0.29, 0.717) is 24.3 Å². The van der Waals surface area contributed by atoms with Crippen molar-refractivity contribution < 1.29 is 14.6 Å². The molecule has 0 saturated carbocycles. The molecule has 18 heavy (non-hydrogen) atoms. The Kier molecular flexibility index (Phi) is 5.15. The highest BCUT2D eigenvalue weighted by atomic mass is 16.5. The third-order valence-corrected chi connectivity index (χ3v) is 2.53. The van der Waals surface area contributed by atoms with Crippen LogP contribution in [0.2, 0.25) is 0 Å². The molecule has 0 heterocycles. The Morgan fingerprint density at radius 2 is 2.33 bits per heavy atom. The molecule has 0 aromatic heterocycles. The molecule has 0 radical (unpaired) electrons. The van der Waals surface area contributed by atoms with Gasteiger partial charge in [0.05, 0.1) is 11.3 Å². The standard InChI is InChI=1S/C13H16N2O3/c1-9-3-4-10(8-14)12(7-9)15-11(13(16)17)5-6-18-2/h3-4,7,11,15H,5-6H2,1-2H3,(H,16,17). The lowest BCUT2D eigenvalue weighted by Crippen LogP contribution is -2.30. The zero-order valence-corrected chi connectivity index (χ0v) is 10.4. The predicted octanol–water partition coefficient (Wildman–Crippen LogP) is 1.77. The predicted molar refractivity (Wildman–Crippen MR) is 67.4 cm³/mol. The van der Waals surface area contributed by atoms with Crippen molar-refractivity contribution in [2.75, 3.05) is 19.0 Å². The van der Waals surface area contributed by atoms with Gasteiger partial charge in [-0.1, -0.05) is 6.07 Å². The molecule has 1 unspecified atom stereocenters. The van der Waals surface area contributed by atoms with Crippen LogP contribution in [0.1, 0.15) is 17.5 Å². The van der Waals surface area contributed by atoms with Crippen LogP contribution in [0.5, 0.6) is 0 Å². The van der Waals surface area contributed by atoms with Crippen LogP contribution in [0.15, 0.2) is 18.2 Å². The highest BCUT2D eigenvalue weighted by Crippen LogP contribution is 2.18. The minimum atomic E-state index is -0.961. The lowest BCUT2D eigenvalue weighted by atomic mass is 10.1. The quantitative estimate of drug-likeness (QED) is 0.801. The van der Waals surface area contributed by atoms with E-state index < -0.39 is 12.0 Å². The molecule has 0 aliphatic carbocycles. The maximum absolute atomic E-state index is 11.1. The van der Waals surface area contributed by atoms with Gasteiger partial charge in [-0.15, -0.1) is 0 Å². The summed E-state index contributed by atoms with van der Waals surface area (Å²) in [4.78, 5) is 11.1.